The molecule has 1 aromatic heterocycles. The zero-order valence-electron chi connectivity index (χ0n) is 10.8. The molecule has 6 nitrogen and oxygen atoms in total. The second-order valence-corrected chi connectivity index (χ2v) is 4.16. The van der Waals surface area contributed by atoms with Crippen LogP contribution in [0.2, 0.25) is 0 Å². The molecule has 1 atom stereocenters. The summed E-state index contributed by atoms with van der Waals surface area (Å²) in [6.45, 7) is 2.06. The normalized spacial score (nSPS) is 12.3. The molecule has 18 heavy (non-hydrogen) atoms. The van der Waals surface area contributed by atoms with E-state index in [2.05, 4.69) is 10.4 Å². The molecule has 1 unspecified atom stereocenters. The van der Waals surface area contributed by atoms with Gasteiger partial charge in [-0.25, -0.2) is 0 Å². The predicted octanol–water partition coefficient (Wildman–Crippen LogP) is 0.143. The number of carbonyl (C=O) groups excluding carboxylic acids is 1. The van der Waals surface area contributed by atoms with Gasteiger partial charge in [-0.1, -0.05) is 0 Å². The summed E-state index contributed by atoms with van der Waals surface area (Å²) in [5, 5.41) is 6.91. The quantitative estimate of drug-likeness (QED) is 0.614. The van der Waals surface area contributed by atoms with E-state index in [-0.39, 0.29) is 5.91 Å². The summed E-state index contributed by atoms with van der Waals surface area (Å²) >= 11 is 0. The number of methoxy groups -OCH3 is 1. The van der Waals surface area contributed by atoms with Gasteiger partial charge in [0.2, 0.25) is 5.91 Å². The topological polar surface area (TPSA) is 82.2 Å². The van der Waals surface area contributed by atoms with Crippen LogP contribution >= 0.6 is 0 Å². The van der Waals surface area contributed by atoms with Crippen molar-refractivity contribution in [2.45, 2.75) is 31.8 Å². The molecule has 102 valence electrons. The Balaban J connectivity index is 2.05. The number of ether oxygens (including phenoxy) is 1. The molecule has 0 saturated heterocycles. The number of aromatic nitrogens is 2. The monoisotopic (exact) mass is 254 g/mol. The molecule has 1 heterocycles. The Hall–Kier alpha value is -1.40. The zero-order valence-corrected chi connectivity index (χ0v) is 10.8. The molecule has 0 saturated carbocycles. The van der Waals surface area contributed by atoms with Gasteiger partial charge in [-0.15, -0.1) is 0 Å². The van der Waals surface area contributed by atoms with Crippen LogP contribution in [0, 0.1) is 0 Å². The zero-order chi connectivity index (χ0) is 13.2. The van der Waals surface area contributed by atoms with E-state index in [4.69, 9.17) is 10.5 Å². The highest BCUT2D eigenvalue weighted by Gasteiger charge is 2.11. The molecule has 0 fully saturated rings. The van der Waals surface area contributed by atoms with Crippen LogP contribution in [0.3, 0.4) is 0 Å². The van der Waals surface area contributed by atoms with Crippen LogP contribution in [0.5, 0.6) is 0 Å². The van der Waals surface area contributed by atoms with Crippen LogP contribution < -0.4 is 11.1 Å². The molecular weight excluding hydrogens is 232 g/mol. The summed E-state index contributed by atoms with van der Waals surface area (Å²) in [6, 6.07) is 1.44. The van der Waals surface area contributed by atoms with Crippen molar-refractivity contribution in [3.05, 3.63) is 18.5 Å². The maximum absolute atomic E-state index is 11.6. The summed E-state index contributed by atoms with van der Waals surface area (Å²) in [4.78, 5) is 11.6. The van der Waals surface area contributed by atoms with E-state index in [0.29, 0.717) is 19.6 Å². The molecule has 0 bridgehead atoms. The molecule has 0 aliphatic carbocycles. The SMILES string of the molecule is COCCCC(N)C(=O)NCCCn1cccn1. The first-order valence-corrected chi connectivity index (χ1v) is 6.23. The lowest BCUT2D eigenvalue weighted by molar-refractivity contribution is -0.122. The fourth-order valence-corrected chi connectivity index (χ4v) is 1.60. The second kappa shape index (κ2) is 8.66. The summed E-state index contributed by atoms with van der Waals surface area (Å²) in [6.07, 6.45) is 5.94. The number of hydrogen-bond acceptors (Lipinski definition) is 4. The Morgan fingerprint density at radius 3 is 3.06 bits per heavy atom. The number of nitrogens with one attached hydrogen (secondary N) is 1. The first-order chi connectivity index (χ1) is 8.74. The van der Waals surface area contributed by atoms with Crippen molar-refractivity contribution in [3.63, 3.8) is 0 Å². The van der Waals surface area contributed by atoms with Crippen molar-refractivity contribution in [1.29, 1.82) is 0 Å². The molecule has 1 rings (SSSR count). The highest BCUT2D eigenvalue weighted by atomic mass is 16.5. The molecule has 1 aromatic rings. The van der Waals surface area contributed by atoms with Gasteiger partial charge in [-0.2, -0.15) is 5.10 Å². The number of rotatable bonds is 9. The van der Waals surface area contributed by atoms with E-state index in [9.17, 15) is 4.79 Å². The van der Waals surface area contributed by atoms with E-state index in [1.54, 1.807) is 13.3 Å². The third kappa shape index (κ3) is 5.79. The van der Waals surface area contributed by atoms with Gasteiger partial charge in [0.1, 0.15) is 0 Å². The van der Waals surface area contributed by atoms with Gasteiger partial charge in [-0.05, 0) is 25.3 Å². The van der Waals surface area contributed by atoms with Crippen molar-refractivity contribution in [2.75, 3.05) is 20.3 Å². The number of hydrogen-bond donors (Lipinski definition) is 2. The van der Waals surface area contributed by atoms with Crippen LogP contribution in [0.1, 0.15) is 19.3 Å². The summed E-state index contributed by atoms with van der Waals surface area (Å²) < 4.78 is 6.75. The van der Waals surface area contributed by atoms with Gasteiger partial charge in [0, 0.05) is 39.2 Å². The van der Waals surface area contributed by atoms with Crippen molar-refractivity contribution in [1.82, 2.24) is 15.1 Å². The maximum Gasteiger partial charge on any atom is 0.236 e. The van der Waals surface area contributed by atoms with E-state index >= 15 is 0 Å². The third-order valence-corrected chi connectivity index (χ3v) is 2.62. The predicted molar refractivity (Wildman–Crippen MR) is 68.9 cm³/mol. The first kappa shape index (κ1) is 14.7. The molecular formula is C12H22N4O2. The number of nitrogens with two attached hydrogens (primary N) is 1. The molecule has 0 aliphatic rings. The Morgan fingerprint density at radius 1 is 1.56 bits per heavy atom. The standard InChI is InChI=1S/C12H22N4O2/c1-18-10-2-5-11(13)12(17)14-6-3-8-16-9-4-7-15-16/h4,7,9,11H,2-3,5-6,8,10,13H2,1H3,(H,14,17). The van der Waals surface area contributed by atoms with Crippen molar-refractivity contribution < 1.29 is 9.53 Å². The van der Waals surface area contributed by atoms with Gasteiger partial charge in [0.25, 0.3) is 0 Å². The fourth-order valence-electron chi connectivity index (χ4n) is 1.60. The Morgan fingerprint density at radius 2 is 2.39 bits per heavy atom. The van der Waals surface area contributed by atoms with Crippen LogP contribution in [0.25, 0.3) is 0 Å². The van der Waals surface area contributed by atoms with Crippen LogP contribution in [0.4, 0.5) is 0 Å². The van der Waals surface area contributed by atoms with E-state index in [0.717, 1.165) is 19.4 Å². The smallest absolute Gasteiger partial charge is 0.236 e. The lowest BCUT2D eigenvalue weighted by Gasteiger charge is -2.11. The third-order valence-electron chi connectivity index (χ3n) is 2.62. The highest BCUT2D eigenvalue weighted by Crippen LogP contribution is 1.95. The summed E-state index contributed by atoms with van der Waals surface area (Å²) in [5.41, 5.74) is 5.75. The highest BCUT2D eigenvalue weighted by molar-refractivity contribution is 5.81. The molecule has 6 heteroatoms. The summed E-state index contributed by atoms with van der Waals surface area (Å²) in [7, 11) is 1.64. The molecule has 0 spiro atoms. The number of nitrogens with zero attached hydrogens (tertiary/aromatic N) is 2. The molecule has 3 N–H and O–H groups in total. The molecule has 0 aromatic carbocycles. The van der Waals surface area contributed by atoms with Crippen molar-refractivity contribution in [2.24, 2.45) is 5.73 Å². The van der Waals surface area contributed by atoms with Crippen molar-refractivity contribution in [3.8, 4) is 0 Å². The van der Waals surface area contributed by atoms with Gasteiger partial charge in [0.05, 0.1) is 6.04 Å². The minimum Gasteiger partial charge on any atom is -0.385 e. The van der Waals surface area contributed by atoms with E-state index in [1.165, 1.54) is 0 Å². The van der Waals surface area contributed by atoms with Gasteiger partial charge in [0.15, 0.2) is 0 Å². The van der Waals surface area contributed by atoms with Crippen LogP contribution in [-0.4, -0.2) is 42.0 Å². The Labute approximate surface area is 107 Å². The Kier molecular flexibility index (Phi) is 7.05. The number of aryl methyl sites for hydroxylation is 1. The second-order valence-electron chi connectivity index (χ2n) is 4.16. The average molecular weight is 254 g/mol. The minimum atomic E-state index is -0.440. The fraction of sp³-hybridized carbons (Fsp3) is 0.667. The van der Waals surface area contributed by atoms with Crippen molar-refractivity contribution >= 4 is 5.91 Å². The first-order valence-electron chi connectivity index (χ1n) is 6.23. The van der Waals surface area contributed by atoms with Crippen LogP contribution in [0.15, 0.2) is 18.5 Å². The molecule has 0 radical (unpaired) electrons. The molecule has 1 amide bonds. The number of amides is 1. The Bertz CT molecular complexity index is 327. The van der Waals surface area contributed by atoms with Gasteiger partial charge < -0.3 is 15.8 Å². The average Bonchev–Trinajstić information content (AvgIpc) is 2.87. The van der Waals surface area contributed by atoms with E-state index in [1.807, 2.05) is 16.9 Å². The molecule has 0 aliphatic heterocycles. The lowest BCUT2D eigenvalue weighted by atomic mass is 10.1. The van der Waals surface area contributed by atoms with E-state index < -0.39 is 6.04 Å². The maximum atomic E-state index is 11.6. The minimum absolute atomic E-state index is 0.0911. The number of carbonyl (C=O) groups is 1. The van der Waals surface area contributed by atoms with Crippen LogP contribution in [-0.2, 0) is 16.1 Å². The lowest BCUT2D eigenvalue weighted by Crippen LogP contribution is -2.41. The van der Waals surface area contributed by atoms with Gasteiger partial charge >= 0.3 is 0 Å². The van der Waals surface area contributed by atoms with Gasteiger partial charge in [-0.3, -0.25) is 9.48 Å². The largest absolute Gasteiger partial charge is 0.385 e. The summed E-state index contributed by atoms with van der Waals surface area (Å²) in [5.74, 6) is -0.0911.